The van der Waals surface area contributed by atoms with Gasteiger partial charge in [-0.2, -0.15) is 0 Å². The summed E-state index contributed by atoms with van der Waals surface area (Å²) in [4.78, 5) is 42.8. The third kappa shape index (κ3) is 5.05. The summed E-state index contributed by atoms with van der Waals surface area (Å²) >= 11 is 6.21. The van der Waals surface area contributed by atoms with Gasteiger partial charge in [0.25, 0.3) is 11.6 Å². The number of H-pyrrole nitrogens is 1. The molecule has 0 spiro atoms. The first-order chi connectivity index (χ1) is 16.4. The largest absolute Gasteiger partial charge is 0.353 e. The van der Waals surface area contributed by atoms with E-state index in [1.165, 1.54) is 24.3 Å². The zero-order valence-corrected chi connectivity index (χ0v) is 18.6. The molecule has 0 aliphatic carbocycles. The number of nitro benzene ring substituents is 1. The van der Waals surface area contributed by atoms with E-state index in [0.717, 1.165) is 27.9 Å². The first kappa shape index (κ1) is 22.9. The van der Waals surface area contributed by atoms with Crippen molar-refractivity contribution in [2.45, 2.75) is 19.3 Å². The van der Waals surface area contributed by atoms with E-state index in [4.69, 9.17) is 11.6 Å². The molecule has 0 unspecified atom stereocenters. The maximum atomic E-state index is 12.3. The molecule has 0 aliphatic rings. The Bertz CT molecular complexity index is 1370. The molecule has 0 bridgehead atoms. The molecular weight excluding hydrogens is 458 g/mol. The maximum Gasteiger partial charge on any atom is 0.282 e. The Morgan fingerprint density at radius 2 is 1.85 bits per heavy atom. The van der Waals surface area contributed by atoms with Gasteiger partial charge >= 0.3 is 0 Å². The van der Waals surface area contributed by atoms with Crippen LogP contribution in [-0.2, 0) is 11.2 Å². The Balaban J connectivity index is 1.41. The van der Waals surface area contributed by atoms with E-state index in [0.29, 0.717) is 17.9 Å². The second kappa shape index (κ2) is 10.1. The number of amides is 2. The van der Waals surface area contributed by atoms with Gasteiger partial charge in [0.05, 0.1) is 16.3 Å². The number of pyridine rings is 1. The number of hydrazine groups is 1. The van der Waals surface area contributed by atoms with Crippen molar-refractivity contribution in [1.82, 2.24) is 20.8 Å². The first-order valence-electron chi connectivity index (χ1n) is 10.5. The van der Waals surface area contributed by atoms with Crippen molar-refractivity contribution in [3.63, 3.8) is 0 Å². The van der Waals surface area contributed by atoms with Crippen LogP contribution < -0.4 is 10.9 Å². The van der Waals surface area contributed by atoms with Crippen LogP contribution >= 0.6 is 11.6 Å². The van der Waals surface area contributed by atoms with E-state index in [-0.39, 0.29) is 17.7 Å². The SMILES string of the molecule is O=C(CCCc1c(-c2ccccn2)[nH]c2ccc(Cl)cc12)NNC(=O)c1ccccc1[N+](=O)[O-]. The molecule has 9 nitrogen and oxygen atoms in total. The number of aryl methyl sites for hydroxylation is 1. The van der Waals surface area contributed by atoms with Gasteiger partial charge in [-0.25, -0.2) is 0 Å². The van der Waals surface area contributed by atoms with Crippen molar-refractivity contribution in [1.29, 1.82) is 0 Å². The molecule has 34 heavy (non-hydrogen) atoms. The van der Waals surface area contributed by atoms with Gasteiger partial charge in [-0.15, -0.1) is 0 Å². The highest BCUT2D eigenvalue weighted by Crippen LogP contribution is 2.32. The number of carbonyl (C=O) groups excluding carboxylic acids is 2. The predicted octanol–water partition coefficient (Wildman–Crippen LogP) is 4.58. The van der Waals surface area contributed by atoms with E-state index in [2.05, 4.69) is 20.8 Å². The molecular formula is C24H20ClN5O4. The van der Waals surface area contributed by atoms with Gasteiger partial charge in [-0.3, -0.25) is 35.5 Å². The summed E-state index contributed by atoms with van der Waals surface area (Å²) in [6.07, 6.45) is 2.90. The van der Waals surface area contributed by atoms with Crippen LogP contribution in [0.3, 0.4) is 0 Å². The number of nitrogens with zero attached hydrogens (tertiary/aromatic N) is 2. The third-order valence-corrected chi connectivity index (χ3v) is 5.52. The number of halogens is 1. The molecule has 0 radical (unpaired) electrons. The van der Waals surface area contributed by atoms with Crippen molar-refractivity contribution in [3.05, 3.63) is 93.1 Å². The fraction of sp³-hybridized carbons (Fsp3) is 0.125. The highest BCUT2D eigenvalue weighted by atomic mass is 35.5. The van der Waals surface area contributed by atoms with E-state index in [1.54, 1.807) is 12.3 Å². The number of nitrogens with one attached hydrogen (secondary N) is 3. The summed E-state index contributed by atoms with van der Waals surface area (Å²) in [6, 6.07) is 16.7. The summed E-state index contributed by atoms with van der Waals surface area (Å²) in [7, 11) is 0. The number of hydrogen-bond acceptors (Lipinski definition) is 5. The molecule has 0 saturated heterocycles. The number of para-hydroxylation sites is 1. The molecule has 0 fully saturated rings. The Morgan fingerprint density at radius 1 is 1.06 bits per heavy atom. The molecule has 0 atom stereocenters. The highest BCUT2D eigenvalue weighted by molar-refractivity contribution is 6.31. The lowest BCUT2D eigenvalue weighted by Crippen LogP contribution is -2.41. The molecule has 2 amide bonds. The van der Waals surface area contributed by atoms with Gasteiger partial charge in [-0.05, 0) is 54.8 Å². The van der Waals surface area contributed by atoms with Gasteiger partial charge < -0.3 is 4.98 Å². The number of rotatable bonds is 7. The standard InChI is InChI=1S/C24H20ClN5O4/c25-15-11-12-19-18(14-15)16(23(27-19)20-8-3-4-13-26-20)7-5-10-22(31)28-29-24(32)17-6-1-2-9-21(17)30(33)34/h1-4,6,8-9,11-14,27H,5,7,10H2,(H,28,31)(H,29,32). The quantitative estimate of drug-likeness (QED) is 0.265. The zero-order valence-electron chi connectivity index (χ0n) is 17.9. The van der Waals surface area contributed by atoms with Gasteiger partial charge in [0, 0.05) is 34.6 Å². The molecule has 2 aromatic heterocycles. The molecule has 0 aliphatic heterocycles. The summed E-state index contributed by atoms with van der Waals surface area (Å²) in [5, 5.41) is 12.6. The Kier molecular flexibility index (Phi) is 6.84. The van der Waals surface area contributed by atoms with Crippen LogP contribution in [0.4, 0.5) is 5.69 Å². The van der Waals surface area contributed by atoms with E-state index >= 15 is 0 Å². The van der Waals surface area contributed by atoms with Crippen LogP contribution in [-0.4, -0.2) is 26.7 Å². The normalized spacial score (nSPS) is 10.7. The van der Waals surface area contributed by atoms with Gasteiger partial charge in [-0.1, -0.05) is 29.8 Å². The lowest BCUT2D eigenvalue weighted by Gasteiger charge is -2.08. The van der Waals surface area contributed by atoms with E-state index in [1.807, 2.05) is 30.3 Å². The first-order valence-corrected chi connectivity index (χ1v) is 10.9. The lowest BCUT2D eigenvalue weighted by atomic mass is 10.0. The minimum Gasteiger partial charge on any atom is -0.353 e. The van der Waals surface area contributed by atoms with Crippen molar-refractivity contribution in [2.24, 2.45) is 0 Å². The predicted molar refractivity (Wildman–Crippen MR) is 128 cm³/mol. The minimum atomic E-state index is -0.760. The van der Waals surface area contributed by atoms with E-state index < -0.39 is 16.7 Å². The summed E-state index contributed by atoms with van der Waals surface area (Å²) in [6.45, 7) is 0. The number of hydrogen-bond donors (Lipinski definition) is 3. The fourth-order valence-electron chi connectivity index (χ4n) is 3.72. The van der Waals surface area contributed by atoms with Crippen LogP contribution in [0.25, 0.3) is 22.3 Å². The second-order valence-corrected chi connectivity index (χ2v) is 7.95. The summed E-state index contributed by atoms with van der Waals surface area (Å²) in [5.41, 5.74) is 7.64. The lowest BCUT2D eigenvalue weighted by molar-refractivity contribution is -0.385. The van der Waals surface area contributed by atoms with Crippen molar-refractivity contribution >= 4 is 40.0 Å². The number of benzene rings is 2. The molecule has 2 aromatic carbocycles. The number of nitro groups is 1. The average molecular weight is 478 g/mol. The van der Waals surface area contributed by atoms with Crippen LogP contribution in [0.5, 0.6) is 0 Å². The van der Waals surface area contributed by atoms with E-state index in [9.17, 15) is 19.7 Å². The molecule has 4 aromatic rings. The topological polar surface area (TPSA) is 130 Å². The van der Waals surface area contributed by atoms with Crippen molar-refractivity contribution in [2.75, 3.05) is 0 Å². The molecule has 4 rings (SSSR count). The van der Waals surface area contributed by atoms with Crippen LogP contribution in [0.15, 0.2) is 66.9 Å². The van der Waals surface area contributed by atoms with Gasteiger partial charge in [0.1, 0.15) is 5.56 Å². The van der Waals surface area contributed by atoms with Crippen LogP contribution in [0.2, 0.25) is 5.02 Å². The zero-order chi connectivity index (χ0) is 24.1. The fourth-order valence-corrected chi connectivity index (χ4v) is 3.89. The van der Waals surface area contributed by atoms with Gasteiger partial charge in [0.2, 0.25) is 5.91 Å². The molecule has 0 saturated carbocycles. The summed E-state index contributed by atoms with van der Waals surface area (Å²) < 4.78 is 0. The van der Waals surface area contributed by atoms with Crippen LogP contribution in [0, 0.1) is 10.1 Å². The molecule has 2 heterocycles. The minimum absolute atomic E-state index is 0.131. The third-order valence-electron chi connectivity index (χ3n) is 5.28. The summed E-state index contributed by atoms with van der Waals surface area (Å²) in [5.74, 6) is -1.17. The molecule has 3 N–H and O–H groups in total. The van der Waals surface area contributed by atoms with Gasteiger partial charge in [0.15, 0.2) is 0 Å². The Hall–Kier alpha value is -4.24. The monoisotopic (exact) mass is 477 g/mol. The highest BCUT2D eigenvalue weighted by Gasteiger charge is 2.20. The number of aromatic amines is 1. The second-order valence-electron chi connectivity index (χ2n) is 7.51. The van der Waals surface area contributed by atoms with Crippen molar-refractivity contribution in [3.8, 4) is 11.4 Å². The number of aromatic nitrogens is 2. The Labute approximate surface area is 199 Å². The molecule has 172 valence electrons. The van der Waals surface area contributed by atoms with Crippen molar-refractivity contribution < 1.29 is 14.5 Å². The number of carbonyl (C=O) groups is 2. The smallest absolute Gasteiger partial charge is 0.282 e. The van der Waals surface area contributed by atoms with Crippen LogP contribution in [0.1, 0.15) is 28.8 Å². The average Bonchev–Trinajstić information content (AvgIpc) is 3.20. The Morgan fingerprint density at radius 3 is 2.62 bits per heavy atom. The number of fused-ring (bicyclic) bond motifs is 1. The molecule has 10 heteroatoms. The maximum absolute atomic E-state index is 12.3.